The molecular weight excluding hydrogens is 432 g/mol. The Morgan fingerprint density at radius 2 is 2.00 bits per heavy atom. The molecule has 170 valence electrons. The maximum absolute atomic E-state index is 13.1. The standard InChI is InChI=1S/C25H28N6OS/c1-17-8-10-18(11-9-17)20-15-22-24-26-27-25(30(24)13-14-31(22)28-20)33-16-23(32)29-12-4-6-19-5-2-3-7-21(19)29/h2-3,5,7-11,13-14,20,22,24,26,28H,4,6,12,15-16H2,1H3. The van der Waals surface area contributed by atoms with Crippen LogP contribution in [-0.4, -0.2) is 45.5 Å². The molecule has 0 aromatic heterocycles. The fourth-order valence-electron chi connectivity index (χ4n) is 5.16. The largest absolute Gasteiger partial charge is 0.311 e. The molecule has 4 aliphatic rings. The van der Waals surface area contributed by atoms with Crippen molar-refractivity contribution < 1.29 is 4.79 Å². The first-order valence-electron chi connectivity index (χ1n) is 11.6. The van der Waals surface area contributed by atoms with Crippen molar-refractivity contribution in [2.45, 2.75) is 44.4 Å². The number of nitrogens with one attached hydrogen (secondary N) is 2. The highest BCUT2D eigenvalue weighted by Crippen LogP contribution is 2.35. The molecule has 7 nitrogen and oxygen atoms in total. The van der Waals surface area contributed by atoms with Crippen LogP contribution in [0.1, 0.15) is 35.6 Å². The summed E-state index contributed by atoms with van der Waals surface area (Å²) in [5, 5.41) is 7.64. The van der Waals surface area contributed by atoms with Crippen molar-refractivity contribution in [3.63, 3.8) is 0 Å². The van der Waals surface area contributed by atoms with Gasteiger partial charge in [0, 0.05) is 24.6 Å². The minimum atomic E-state index is 0.0614. The summed E-state index contributed by atoms with van der Waals surface area (Å²) in [7, 11) is 0. The minimum absolute atomic E-state index is 0.0614. The van der Waals surface area contributed by atoms with Crippen LogP contribution in [0.3, 0.4) is 0 Å². The average molecular weight is 461 g/mol. The van der Waals surface area contributed by atoms with E-state index in [1.165, 1.54) is 28.5 Å². The maximum Gasteiger partial charge on any atom is 0.237 e. The number of fused-ring (bicyclic) bond motifs is 4. The lowest BCUT2D eigenvalue weighted by molar-refractivity contribution is -0.116. The smallest absolute Gasteiger partial charge is 0.237 e. The fraction of sp³-hybridized carbons (Fsp3) is 0.360. The Balaban J connectivity index is 1.10. The Hall–Kier alpha value is -2.97. The average Bonchev–Trinajstić information content (AvgIpc) is 3.46. The van der Waals surface area contributed by atoms with Gasteiger partial charge in [0.25, 0.3) is 0 Å². The van der Waals surface area contributed by atoms with E-state index in [0.29, 0.717) is 5.75 Å². The third-order valence-corrected chi connectivity index (χ3v) is 7.87. The minimum Gasteiger partial charge on any atom is -0.311 e. The van der Waals surface area contributed by atoms with E-state index in [2.05, 4.69) is 81.6 Å². The lowest BCUT2D eigenvalue weighted by atomic mass is 9.99. The Labute approximate surface area is 198 Å². The SMILES string of the molecule is Cc1ccc(C2CC3C4NN=C(SCC(=O)N5CCCc6ccccc65)N4C=CN3N2)cc1. The van der Waals surface area contributed by atoms with Crippen LogP contribution in [-0.2, 0) is 11.2 Å². The summed E-state index contributed by atoms with van der Waals surface area (Å²) >= 11 is 1.51. The number of carbonyl (C=O) groups excluding carboxylic acids is 1. The van der Waals surface area contributed by atoms with E-state index in [1.807, 2.05) is 17.0 Å². The molecule has 4 heterocycles. The van der Waals surface area contributed by atoms with Gasteiger partial charge < -0.3 is 14.8 Å². The Morgan fingerprint density at radius 3 is 2.88 bits per heavy atom. The van der Waals surface area contributed by atoms with Crippen LogP contribution in [0.15, 0.2) is 66.0 Å². The molecule has 0 aliphatic carbocycles. The second kappa shape index (κ2) is 8.43. The lowest BCUT2D eigenvalue weighted by Gasteiger charge is -2.36. The topological polar surface area (TPSA) is 63.2 Å². The molecular formula is C25H28N6OS. The Bertz CT molecular complexity index is 1120. The number of anilines is 1. The number of amidine groups is 1. The molecule has 1 fully saturated rings. The predicted molar refractivity (Wildman–Crippen MR) is 132 cm³/mol. The summed E-state index contributed by atoms with van der Waals surface area (Å²) in [5.74, 6) is 0.521. The summed E-state index contributed by atoms with van der Waals surface area (Å²) in [5.41, 5.74) is 11.8. The quantitative estimate of drug-likeness (QED) is 0.733. The first-order chi connectivity index (χ1) is 16.2. The van der Waals surface area contributed by atoms with Gasteiger partial charge in [0.15, 0.2) is 5.17 Å². The molecule has 3 atom stereocenters. The number of rotatable bonds is 3. The number of para-hydroxylation sites is 1. The number of hydrogen-bond acceptors (Lipinski definition) is 7. The number of hydrogen-bond donors (Lipinski definition) is 2. The van der Waals surface area contributed by atoms with Crippen LogP contribution < -0.4 is 15.8 Å². The highest BCUT2D eigenvalue weighted by atomic mass is 32.2. The summed E-state index contributed by atoms with van der Waals surface area (Å²) in [4.78, 5) is 17.2. The van der Waals surface area contributed by atoms with Gasteiger partial charge >= 0.3 is 0 Å². The molecule has 4 aliphatic heterocycles. The molecule has 2 N–H and O–H groups in total. The molecule has 33 heavy (non-hydrogen) atoms. The molecule has 3 unspecified atom stereocenters. The van der Waals surface area contributed by atoms with Crippen molar-refractivity contribution in [3.05, 3.63) is 77.6 Å². The number of aryl methyl sites for hydroxylation is 2. The summed E-state index contributed by atoms with van der Waals surface area (Å²) in [6, 6.07) is 17.5. The number of amides is 1. The molecule has 0 saturated carbocycles. The zero-order valence-corrected chi connectivity index (χ0v) is 19.5. The number of hydrazine groups is 1. The van der Waals surface area contributed by atoms with Gasteiger partial charge in [-0.2, -0.15) is 5.10 Å². The van der Waals surface area contributed by atoms with Crippen molar-refractivity contribution in [1.29, 1.82) is 0 Å². The normalized spacial score (nSPS) is 25.3. The zero-order valence-electron chi connectivity index (χ0n) is 18.6. The van der Waals surface area contributed by atoms with Crippen LogP contribution in [0, 0.1) is 6.92 Å². The van der Waals surface area contributed by atoms with Gasteiger partial charge in [-0.25, -0.2) is 5.43 Å². The van der Waals surface area contributed by atoms with E-state index >= 15 is 0 Å². The number of carbonyl (C=O) groups is 1. The summed E-state index contributed by atoms with van der Waals surface area (Å²) in [6.45, 7) is 2.90. The van der Waals surface area contributed by atoms with Gasteiger partial charge in [-0.15, -0.1) is 0 Å². The van der Waals surface area contributed by atoms with Crippen molar-refractivity contribution in [3.8, 4) is 0 Å². The van der Waals surface area contributed by atoms with Crippen LogP contribution in [0.2, 0.25) is 0 Å². The van der Waals surface area contributed by atoms with Crippen LogP contribution in [0.4, 0.5) is 5.69 Å². The molecule has 0 radical (unpaired) electrons. The van der Waals surface area contributed by atoms with E-state index in [9.17, 15) is 4.79 Å². The first-order valence-corrected chi connectivity index (χ1v) is 12.6. The maximum atomic E-state index is 13.1. The van der Waals surface area contributed by atoms with E-state index in [1.54, 1.807) is 0 Å². The second-order valence-corrected chi connectivity index (χ2v) is 9.99. The number of hydrazone groups is 1. The zero-order chi connectivity index (χ0) is 22.4. The lowest BCUT2D eigenvalue weighted by Crippen LogP contribution is -2.54. The monoisotopic (exact) mass is 460 g/mol. The van der Waals surface area contributed by atoms with Crippen LogP contribution in [0.5, 0.6) is 0 Å². The van der Waals surface area contributed by atoms with Crippen molar-refractivity contribution in [2.75, 3.05) is 17.2 Å². The third-order valence-electron chi connectivity index (χ3n) is 6.92. The predicted octanol–water partition coefficient (Wildman–Crippen LogP) is 3.31. The molecule has 2 aromatic carbocycles. The second-order valence-electron chi connectivity index (χ2n) is 9.04. The first kappa shape index (κ1) is 20.6. The van der Waals surface area contributed by atoms with E-state index in [-0.39, 0.29) is 24.2 Å². The van der Waals surface area contributed by atoms with Gasteiger partial charge in [-0.1, -0.05) is 59.8 Å². The van der Waals surface area contributed by atoms with Crippen molar-refractivity contribution >= 4 is 28.5 Å². The molecule has 2 aromatic rings. The number of benzene rings is 2. The third kappa shape index (κ3) is 3.77. The molecule has 1 amide bonds. The van der Waals surface area contributed by atoms with Gasteiger partial charge in [-0.3, -0.25) is 10.2 Å². The number of thioether (sulfide) groups is 1. The Morgan fingerprint density at radius 1 is 1.15 bits per heavy atom. The van der Waals surface area contributed by atoms with E-state index in [4.69, 9.17) is 0 Å². The van der Waals surface area contributed by atoms with Gasteiger partial charge in [-0.05, 0) is 43.4 Å². The number of nitrogens with zero attached hydrogens (tertiary/aromatic N) is 4. The molecule has 8 heteroatoms. The molecule has 0 spiro atoms. The summed E-state index contributed by atoms with van der Waals surface area (Å²) < 4.78 is 0. The van der Waals surface area contributed by atoms with Gasteiger partial charge in [0.1, 0.15) is 6.17 Å². The highest BCUT2D eigenvalue weighted by Gasteiger charge is 2.44. The molecule has 6 rings (SSSR count). The van der Waals surface area contributed by atoms with Gasteiger partial charge in [0.05, 0.1) is 17.8 Å². The molecule has 0 bridgehead atoms. The van der Waals surface area contributed by atoms with E-state index < -0.39 is 0 Å². The van der Waals surface area contributed by atoms with Crippen LogP contribution in [0.25, 0.3) is 0 Å². The molecule has 1 saturated heterocycles. The van der Waals surface area contributed by atoms with E-state index in [0.717, 1.165) is 36.7 Å². The highest BCUT2D eigenvalue weighted by molar-refractivity contribution is 8.14. The summed E-state index contributed by atoms with van der Waals surface area (Å²) in [6.07, 6.45) is 7.24. The van der Waals surface area contributed by atoms with Gasteiger partial charge in [0.2, 0.25) is 5.91 Å². The fourth-order valence-corrected chi connectivity index (χ4v) is 6.01. The Kier molecular flexibility index (Phi) is 5.27. The van der Waals surface area contributed by atoms with Crippen molar-refractivity contribution in [2.24, 2.45) is 5.10 Å². The van der Waals surface area contributed by atoms with Crippen LogP contribution >= 0.6 is 11.8 Å². The van der Waals surface area contributed by atoms with Crippen molar-refractivity contribution in [1.82, 2.24) is 20.8 Å².